The van der Waals surface area contributed by atoms with Gasteiger partial charge in [-0.2, -0.15) is 0 Å². The zero-order chi connectivity index (χ0) is 15.1. The van der Waals surface area contributed by atoms with Gasteiger partial charge in [-0.15, -0.1) is 0 Å². The molecule has 0 saturated heterocycles. The first-order valence-electron chi connectivity index (χ1n) is 6.10. The molecule has 2 aromatic rings. The maximum Gasteiger partial charge on any atom is 0.343 e. The Balaban J connectivity index is 2.75. The first-order valence-corrected chi connectivity index (χ1v) is 6.10. The highest BCUT2D eigenvalue weighted by Gasteiger charge is 2.29. The lowest BCUT2D eigenvalue weighted by Crippen LogP contribution is -2.22. The Kier molecular flexibility index (Phi) is 3.17. The molecule has 0 saturated carbocycles. The van der Waals surface area contributed by atoms with Gasteiger partial charge < -0.3 is 10.2 Å². The largest absolute Gasteiger partial charge is 0.508 e. The number of phenolic OH excluding ortho intramolecular Hbond substituents is 1. The SMILES string of the molecule is CC(C)(C)c1[nH]n(-c2cccc(O)c2)c(=O)c1C(=O)O. The lowest BCUT2D eigenvalue weighted by molar-refractivity contribution is 0.0692. The van der Waals surface area contributed by atoms with Gasteiger partial charge in [-0.25, -0.2) is 9.48 Å². The molecule has 0 aliphatic carbocycles. The average Bonchev–Trinajstić information content (AvgIpc) is 2.66. The molecule has 6 nitrogen and oxygen atoms in total. The van der Waals surface area contributed by atoms with Crippen molar-refractivity contribution in [3.8, 4) is 11.4 Å². The van der Waals surface area contributed by atoms with E-state index in [1.807, 2.05) is 20.8 Å². The van der Waals surface area contributed by atoms with Gasteiger partial charge in [0.2, 0.25) is 0 Å². The highest BCUT2D eigenvalue weighted by molar-refractivity contribution is 5.89. The number of H-pyrrole nitrogens is 1. The zero-order valence-corrected chi connectivity index (χ0v) is 11.5. The summed E-state index contributed by atoms with van der Waals surface area (Å²) in [6.07, 6.45) is 0. The van der Waals surface area contributed by atoms with E-state index in [2.05, 4.69) is 5.10 Å². The summed E-state index contributed by atoms with van der Waals surface area (Å²) >= 11 is 0. The lowest BCUT2D eigenvalue weighted by atomic mass is 9.89. The predicted molar refractivity (Wildman–Crippen MR) is 73.7 cm³/mol. The van der Waals surface area contributed by atoms with Crippen LogP contribution in [0.2, 0.25) is 0 Å². The van der Waals surface area contributed by atoms with Gasteiger partial charge in [0.05, 0.1) is 11.4 Å². The van der Waals surface area contributed by atoms with E-state index in [0.29, 0.717) is 11.4 Å². The standard InChI is InChI=1S/C14H16N2O4/c1-14(2,3)11-10(13(19)20)12(18)16(15-11)8-5-4-6-9(17)7-8/h4-7,15,17H,1-3H3,(H,19,20). The van der Waals surface area contributed by atoms with Gasteiger partial charge in [-0.3, -0.25) is 9.89 Å². The topological polar surface area (TPSA) is 95.3 Å². The third-order valence-electron chi connectivity index (χ3n) is 2.94. The Morgan fingerprint density at radius 3 is 2.40 bits per heavy atom. The smallest absolute Gasteiger partial charge is 0.343 e. The van der Waals surface area contributed by atoms with Crippen molar-refractivity contribution in [1.82, 2.24) is 9.78 Å². The molecule has 0 atom stereocenters. The number of phenols is 1. The molecule has 0 amide bonds. The number of rotatable bonds is 2. The summed E-state index contributed by atoms with van der Waals surface area (Å²) < 4.78 is 1.13. The number of hydrogen-bond donors (Lipinski definition) is 3. The van der Waals surface area contributed by atoms with E-state index in [1.54, 1.807) is 12.1 Å². The molecule has 0 aliphatic rings. The second-order valence-corrected chi connectivity index (χ2v) is 5.58. The van der Waals surface area contributed by atoms with Crippen LogP contribution in [0.25, 0.3) is 5.69 Å². The molecule has 20 heavy (non-hydrogen) atoms. The number of nitrogens with zero attached hydrogens (tertiary/aromatic N) is 1. The molecule has 1 heterocycles. The van der Waals surface area contributed by atoms with Crippen LogP contribution in [0.4, 0.5) is 0 Å². The number of carbonyl (C=O) groups is 1. The van der Waals surface area contributed by atoms with Gasteiger partial charge in [0.1, 0.15) is 11.3 Å². The van der Waals surface area contributed by atoms with Gasteiger partial charge in [0.15, 0.2) is 0 Å². The number of aromatic nitrogens is 2. The van der Waals surface area contributed by atoms with Gasteiger partial charge in [0, 0.05) is 11.5 Å². The predicted octanol–water partition coefficient (Wildman–Crippen LogP) is 1.87. The molecular weight excluding hydrogens is 260 g/mol. The molecular formula is C14H16N2O4. The van der Waals surface area contributed by atoms with Crippen LogP contribution in [0, 0.1) is 0 Å². The molecule has 6 heteroatoms. The molecule has 2 rings (SSSR count). The lowest BCUT2D eigenvalue weighted by Gasteiger charge is -2.17. The van der Waals surface area contributed by atoms with E-state index in [4.69, 9.17) is 0 Å². The van der Waals surface area contributed by atoms with Crippen molar-refractivity contribution in [2.45, 2.75) is 26.2 Å². The molecule has 3 N–H and O–H groups in total. The van der Waals surface area contributed by atoms with Crippen LogP contribution in [-0.4, -0.2) is 26.0 Å². The van der Waals surface area contributed by atoms with Crippen LogP contribution in [0.5, 0.6) is 5.75 Å². The Morgan fingerprint density at radius 1 is 1.30 bits per heavy atom. The van der Waals surface area contributed by atoms with E-state index >= 15 is 0 Å². The van der Waals surface area contributed by atoms with Crippen LogP contribution in [-0.2, 0) is 5.41 Å². The van der Waals surface area contributed by atoms with E-state index in [-0.39, 0.29) is 11.3 Å². The normalized spacial score (nSPS) is 11.6. The van der Waals surface area contributed by atoms with Crippen molar-refractivity contribution in [3.63, 3.8) is 0 Å². The second-order valence-electron chi connectivity index (χ2n) is 5.58. The molecule has 0 radical (unpaired) electrons. The fraction of sp³-hybridized carbons (Fsp3) is 0.286. The van der Waals surface area contributed by atoms with E-state index < -0.39 is 16.9 Å². The van der Waals surface area contributed by atoms with Gasteiger partial charge >= 0.3 is 5.97 Å². The number of carboxylic acids is 1. The maximum atomic E-state index is 12.3. The molecule has 1 aromatic heterocycles. The molecule has 0 unspecified atom stereocenters. The van der Waals surface area contributed by atoms with Crippen molar-refractivity contribution in [3.05, 3.63) is 45.9 Å². The van der Waals surface area contributed by atoms with Gasteiger partial charge in [0.25, 0.3) is 5.56 Å². The molecule has 106 valence electrons. The highest BCUT2D eigenvalue weighted by atomic mass is 16.4. The highest BCUT2D eigenvalue weighted by Crippen LogP contribution is 2.23. The Bertz CT molecular complexity index is 720. The minimum atomic E-state index is -1.27. The first kappa shape index (κ1) is 13.9. The minimum absolute atomic E-state index is 0.00168. The number of hydrogen-bond acceptors (Lipinski definition) is 3. The fourth-order valence-electron chi connectivity index (χ4n) is 1.99. The first-order chi connectivity index (χ1) is 9.21. The third kappa shape index (κ3) is 2.32. The number of aromatic carboxylic acids is 1. The Morgan fingerprint density at radius 2 is 1.95 bits per heavy atom. The van der Waals surface area contributed by atoms with Gasteiger partial charge in [-0.05, 0) is 12.1 Å². The van der Waals surface area contributed by atoms with Crippen LogP contribution >= 0.6 is 0 Å². The summed E-state index contributed by atoms with van der Waals surface area (Å²) in [6, 6.07) is 6.04. The summed E-state index contributed by atoms with van der Waals surface area (Å²) in [5, 5.41) is 21.5. The molecule has 0 aliphatic heterocycles. The van der Waals surface area contributed by atoms with Crippen molar-refractivity contribution < 1.29 is 15.0 Å². The maximum absolute atomic E-state index is 12.3. The number of carboxylic acid groups (broad SMARTS) is 1. The van der Waals surface area contributed by atoms with Crippen LogP contribution < -0.4 is 5.56 Å². The van der Waals surface area contributed by atoms with E-state index in [9.17, 15) is 19.8 Å². The van der Waals surface area contributed by atoms with Crippen molar-refractivity contribution >= 4 is 5.97 Å². The Labute approximate surface area is 115 Å². The second kappa shape index (κ2) is 4.56. The fourth-order valence-corrected chi connectivity index (χ4v) is 1.99. The molecule has 1 aromatic carbocycles. The number of aromatic amines is 1. The van der Waals surface area contributed by atoms with Crippen LogP contribution in [0.15, 0.2) is 29.1 Å². The molecule has 0 spiro atoms. The van der Waals surface area contributed by atoms with E-state index in [0.717, 1.165) is 4.68 Å². The monoisotopic (exact) mass is 276 g/mol. The number of benzene rings is 1. The summed E-state index contributed by atoms with van der Waals surface area (Å²) in [7, 11) is 0. The molecule has 0 fully saturated rings. The summed E-state index contributed by atoms with van der Waals surface area (Å²) in [5.41, 5.74) is -0.713. The average molecular weight is 276 g/mol. The Hall–Kier alpha value is -2.50. The summed E-state index contributed by atoms with van der Waals surface area (Å²) in [6.45, 7) is 5.45. The van der Waals surface area contributed by atoms with Gasteiger partial charge in [-0.1, -0.05) is 26.8 Å². The number of aromatic hydroxyl groups is 1. The molecule has 0 bridgehead atoms. The van der Waals surface area contributed by atoms with Crippen LogP contribution in [0.1, 0.15) is 36.8 Å². The zero-order valence-electron chi connectivity index (χ0n) is 11.5. The summed E-state index contributed by atoms with van der Waals surface area (Å²) in [4.78, 5) is 23.6. The van der Waals surface area contributed by atoms with E-state index in [1.165, 1.54) is 12.1 Å². The quantitative estimate of drug-likeness (QED) is 0.780. The minimum Gasteiger partial charge on any atom is -0.508 e. The third-order valence-corrected chi connectivity index (χ3v) is 2.94. The van der Waals surface area contributed by atoms with Crippen molar-refractivity contribution in [2.24, 2.45) is 0 Å². The van der Waals surface area contributed by atoms with Crippen LogP contribution in [0.3, 0.4) is 0 Å². The van der Waals surface area contributed by atoms with Crippen molar-refractivity contribution in [2.75, 3.05) is 0 Å². The number of nitrogens with one attached hydrogen (secondary N) is 1. The summed E-state index contributed by atoms with van der Waals surface area (Å²) in [5.74, 6) is -1.27. The van der Waals surface area contributed by atoms with Crippen molar-refractivity contribution in [1.29, 1.82) is 0 Å².